The van der Waals surface area contributed by atoms with E-state index in [-0.39, 0.29) is 11.8 Å². The zero-order valence-corrected chi connectivity index (χ0v) is 14.4. The molecule has 132 valence electrons. The number of carbonyl (C=O) groups excluding carboxylic acids is 1. The molecule has 0 bridgehead atoms. The lowest BCUT2D eigenvalue weighted by Crippen LogP contribution is -2.49. The molecule has 3 heterocycles. The number of hydrogen-bond acceptors (Lipinski definition) is 5. The second-order valence-electron chi connectivity index (χ2n) is 7.00. The van der Waals surface area contributed by atoms with Crippen molar-refractivity contribution < 1.29 is 9.21 Å². The van der Waals surface area contributed by atoms with Gasteiger partial charge in [0.05, 0.1) is 0 Å². The van der Waals surface area contributed by atoms with E-state index < -0.39 is 0 Å². The monoisotopic (exact) mass is 348 g/mol. The van der Waals surface area contributed by atoms with Gasteiger partial charge in [-0.15, -0.1) is 0 Å². The first-order chi connectivity index (χ1) is 12.8. The van der Waals surface area contributed by atoms with E-state index in [2.05, 4.69) is 27.0 Å². The van der Waals surface area contributed by atoms with Gasteiger partial charge in [0, 0.05) is 38.3 Å². The lowest BCUT2D eigenvalue weighted by molar-refractivity contribution is -0.133. The minimum Gasteiger partial charge on any atom is -0.404 e. The molecule has 2 aliphatic rings. The van der Waals surface area contributed by atoms with E-state index in [0.29, 0.717) is 30.7 Å². The number of fused-ring (bicyclic) bond motifs is 1. The number of oxazole rings is 1. The second kappa shape index (κ2) is 6.12. The highest BCUT2D eigenvalue weighted by Gasteiger charge is 2.46. The number of aromatic nitrogens is 2. The van der Waals surface area contributed by atoms with Crippen molar-refractivity contribution in [1.29, 1.82) is 0 Å². The lowest BCUT2D eigenvalue weighted by Gasteiger charge is -2.34. The van der Waals surface area contributed by atoms with E-state index in [4.69, 9.17) is 4.42 Å². The van der Waals surface area contributed by atoms with Crippen LogP contribution in [0.3, 0.4) is 0 Å². The van der Waals surface area contributed by atoms with Gasteiger partial charge in [-0.1, -0.05) is 30.3 Å². The Hall–Kier alpha value is -2.89. The van der Waals surface area contributed by atoms with Crippen LogP contribution in [0.5, 0.6) is 0 Å². The van der Waals surface area contributed by atoms with Crippen molar-refractivity contribution in [3.8, 4) is 0 Å². The third-order valence-corrected chi connectivity index (χ3v) is 5.35. The van der Waals surface area contributed by atoms with Crippen LogP contribution in [0.1, 0.15) is 17.9 Å². The van der Waals surface area contributed by atoms with E-state index >= 15 is 0 Å². The largest absolute Gasteiger partial charge is 0.404 e. The summed E-state index contributed by atoms with van der Waals surface area (Å²) in [5, 5.41) is 0. The van der Waals surface area contributed by atoms with Gasteiger partial charge in [0.15, 0.2) is 0 Å². The van der Waals surface area contributed by atoms with Crippen molar-refractivity contribution >= 4 is 23.2 Å². The molecule has 2 unspecified atom stereocenters. The molecule has 0 radical (unpaired) electrons. The second-order valence-corrected chi connectivity index (χ2v) is 7.00. The molecule has 1 saturated heterocycles. The van der Waals surface area contributed by atoms with Crippen molar-refractivity contribution in [2.24, 2.45) is 5.92 Å². The van der Waals surface area contributed by atoms with Crippen molar-refractivity contribution in [2.75, 3.05) is 31.1 Å². The molecule has 5 rings (SSSR count). The number of piperazine rings is 1. The molecule has 0 spiro atoms. The Morgan fingerprint density at radius 3 is 2.62 bits per heavy atom. The quantitative estimate of drug-likeness (QED) is 0.728. The fourth-order valence-corrected chi connectivity index (χ4v) is 3.78. The van der Waals surface area contributed by atoms with Gasteiger partial charge >= 0.3 is 0 Å². The summed E-state index contributed by atoms with van der Waals surface area (Å²) in [6.45, 7) is 2.90. The maximum atomic E-state index is 12.8. The Labute approximate surface area is 151 Å². The van der Waals surface area contributed by atoms with Crippen LogP contribution < -0.4 is 4.90 Å². The Balaban J connectivity index is 1.21. The van der Waals surface area contributed by atoms with Gasteiger partial charge in [0.1, 0.15) is 5.52 Å². The molecule has 6 heteroatoms. The zero-order chi connectivity index (χ0) is 17.5. The van der Waals surface area contributed by atoms with E-state index in [9.17, 15) is 4.79 Å². The Bertz CT molecular complexity index is 898. The molecule has 2 aromatic heterocycles. The third kappa shape index (κ3) is 2.71. The first kappa shape index (κ1) is 15.4. The molecule has 1 aliphatic carbocycles. The maximum Gasteiger partial charge on any atom is 0.299 e. The molecule has 0 N–H and O–H groups in total. The number of carbonyl (C=O) groups is 1. The van der Waals surface area contributed by atoms with Gasteiger partial charge in [0.2, 0.25) is 11.6 Å². The van der Waals surface area contributed by atoms with Crippen LogP contribution in [-0.4, -0.2) is 47.0 Å². The summed E-state index contributed by atoms with van der Waals surface area (Å²) in [7, 11) is 0. The molecule has 6 nitrogen and oxygen atoms in total. The van der Waals surface area contributed by atoms with Crippen LogP contribution in [0.15, 0.2) is 53.1 Å². The topological polar surface area (TPSA) is 62.5 Å². The van der Waals surface area contributed by atoms with Gasteiger partial charge in [-0.2, -0.15) is 4.98 Å². The molecule has 1 amide bonds. The van der Waals surface area contributed by atoms with Crippen LogP contribution in [0.4, 0.5) is 6.01 Å². The van der Waals surface area contributed by atoms with E-state index in [1.165, 1.54) is 5.56 Å². The lowest BCUT2D eigenvalue weighted by atomic mass is 10.1. The molecule has 26 heavy (non-hydrogen) atoms. The minimum absolute atomic E-state index is 0.150. The molecule has 1 aromatic carbocycles. The van der Waals surface area contributed by atoms with Crippen LogP contribution in [0.25, 0.3) is 11.2 Å². The number of hydrogen-bond donors (Lipinski definition) is 0. The van der Waals surface area contributed by atoms with Crippen LogP contribution in [0, 0.1) is 5.92 Å². The highest BCUT2D eigenvalue weighted by atomic mass is 16.4. The minimum atomic E-state index is 0.150. The van der Waals surface area contributed by atoms with Crippen molar-refractivity contribution in [3.05, 3.63) is 54.2 Å². The average molecular weight is 348 g/mol. The number of anilines is 1. The predicted octanol–water partition coefficient (Wildman–Crippen LogP) is 2.68. The first-order valence-corrected chi connectivity index (χ1v) is 9.10. The molecule has 1 aliphatic heterocycles. The van der Waals surface area contributed by atoms with Gasteiger partial charge in [-0.3, -0.25) is 4.79 Å². The summed E-state index contributed by atoms with van der Waals surface area (Å²) in [5.41, 5.74) is 2.61. The highest BCUT2D eigenvalue weighted by Crippen LogP contribution is 2.48. The smallest absolute Gasteiger partial charge is 0.299 e. The number of benzene rings is 1. The summed E-state index contributed by atoms with van der Waals surface area (Å²) in [5.74, 6) is 0.833. The third-order valence-electron chi connectivity index (χ3n) is 5.35. The Morgan fingerprint density at radius 1 is 1.04 bits per heavy atom. The van der Waals surface area contributed by atoms with Crippen molar-refractivity contribution in [1.82, 2.24) is 14.9 Å². The Morgan fingerprint density at radius 2 is 1.85 bits per heavy atom. The van der Waals surface area contributed by atoms with E-state index in [0.717, 1.165) is 25.0 Å². The number of pyridine rings is 1. The molecular weight excluding hydrogens is 328 g/mol. The van der Waals surface area contributed by atoms with E-state index in [1.807, 2.05) is 35.2 Å². The normalized spacial score (nSPS) is 22.6. The molecular formula is C20H20N4O2. The van der Waals surface area contributed by atoms with Crippen LogP contribution in [0.2, 0.25) is 0 Å². The highest BCUT2D eigenvalue weighted by molar-refractivity contribution is 5.83. The van der Waals surface area contributed by atoms with Gasteiger partial charge in [-0.25, -0.2) is 4.98 Å². The zero-order valence-electron chi connectivity index (χ0n) is 14.4. The predicted molar refractivity (Wildman–Crippen MR) is 97.9 cm³/mol. The standard InChI is InChI=1S/C20H20N4O2/c25-19(16-13-15(16)14-5-2-1-3-6-14)23-9-11-24(12-10-23)20-22-17-7-4-8-21-18(17)26-20/h1-8,15-16H,9-13H2. The number of amides is 1. The Kier molecular flexibility index (Phi) is 3.62. The van der Waals surface area contributed by atoms with Gasteiger partial charge in [0.25, 0.3) is 6.01 Å². The van der Waals surface area contributed by atoms with Gasteiger partial charge in [-0.05, 0) is 30.0 Å². The maximum absolute atomic E-state index is 12.8. The summed E-state index contributed by atoms with van der Waals surface area (Å²) in [6, 6.07) is 14.7. The first-order valence-electron chi connectivity index (χ1n) is 9.10. The summed E-state index contributed by atoms with van der Waals surface area (Å²) < 4.78 is 5.74. The van der Waals surface area contributed by atoms with Gasteiger partial charge < -0.3 is 14.2 Å². The van der Waals surface area contributed by atoms with E-state index in [1.54, 1.807) is 6.20 Å². The number of rotatable bonds is 3. The molecule has 3 aromatic rings. The number of nitrogens with zero attached hydrogens (tertiary/aromatic N) is 4. The fourth-order valence-electron chi connectivity index (χ4n) is 3.78. The molecule has 2 atom stereocenters. The van der Waals surface area contributed by atoms with Crippen LogP contribution >= 0.6 is 0 Å². The molecule has 1 saturated carbocycles. The summed E-state index contributed by atoms with van der Waals surface area (Å²) in [6.07, 6.45) is 2.67. The molecule has 2 fully saturated rings. The van der Waals surface area contributed by atoms with Crippen molar-refractivity contribution in [2.45, 2.75) is 12.3 Å². The summed E-state index contributed by atoms with van der Waals surface area (Å²) >= 11 is 0. The summed E-state index contributed by atoms with van der Waals surface area (Å²) in [4.78, 5) is 25.6. The van der Waals surface area contributed by atoms with Crippen molar-refractivity contribution in [3.63, 3.8) is 0 Å². The SMILES string of the molecule is O=C(C1CC1c1ccccc1)N1CCN(c2nc3cccnc3o2)CC1. The fraction of sp³-hybridized carbons (Fsp3) is 0.350. The van der Waals surface area contributed by atoms with Crippen LogP contribution in [-0.2, 0) is 4.79 Å². The average Bonchev–Trinajstić information content (AvgIpc) is 3.39.